The number of thioether (sulfide) groups is 1. The Bertz CT molecular complexity index is 754. The number of ether oxygens (including phenoxy) is 1. The van der Waals surface area contributed by atoms with Crippen molar-refractivity contribution in [3.63, 3.8) is 0 Å². The van der Waals surface area contributed by atoms with Gasteiger partial charge in [-0.1, -0.05) is 12.1 Å². The third-order valence-corrected chi connectivity index (χ3v) is 5.74. The topological polar surface area (TPSA) is 41.6 Å². The summed E-state index contributed by atoms with van der Waals surface area (Å²) in [6.07, 6.45) is 0.935. The summed E-state index contributed by atoms with van der Waals surface area (Å²) in [6.45, 7) is 2.60. The highest BCUT2D eigenvalue weighted by Crippen LogP contribution is 2.42. The van der Waals surface area contributed by atoms with Crippen LogP contribution in [0.1, 0.15) is 23.7 Å². The number of amides is 1. The average Bonchev–Trinajstić information content (AvgIpc) is 3.05. The molecule has 0 unspecified atom stereocenters. The fraction of sp³-hybridized carbons (Fsp3) is 0.316. The first-order valence-electron chi connectivity index (χ1n) is 8.26. The van der Waals surface area contributed by atoms with Crippen molar-refractivity contribution in [1.82, 2.24) is 0 Å². The Kier molecular flexibility index (Phi) is 3.88. The molecule has 1 N–H and O–H groups in total. The van der Waals surface area contributed by atoms with E-state index in [2.05, 4.69) is 5.32 Å². The largest absolute Gasteiger partial charge is 0.494 e. The molecule has 2 aliphatic rings. The van der Waals surface area contributed by atoms with Gasteiger partial charge in [0.1, 0.15) is 11.4 Å². The second-order valence-corrected chi connectivity index (χ2v) is 7.18. The van der Waals surface area contributed by atoms with E-state index >= 15 is 0 Å². The second kappa shape index (κ2) is 6.06. The average molecular weight is 340 g/mol. The number of anilines is 2. The van der Waals surface area contributed by atoms with Crippen molar-refractivity contribution in [2.75, 3.05) is 28.3 Å². The van der Waals surface area contributed by atoms with Crippen LogP contribution in [0.25, 0.3) is 0 Å². The molecular weight excluding hydrogens is 320 g/mol. The molecule has 0 bridgehead atoms. The van der Waals surface area contributed by atoms with Gasteiger partial charge in [0.15, 0.2) is 0 Å². The molecule has 1 saturated heterocycles. The van der Waals surface area contributed by atoms with Crippen LogP contribution in [0.4, 0.5) is 11.4 Å². The molecule has 0 aliphatic carbocycles. The van der Waals surface area contributed by atoms with Crippen molar-refractivity contribution in [2.45, 2.75) is 19.0 Å². The first kappa shape index (κ1) is 15.4. The van der Waals surface area contributed by atoms with Gasteiger partial charge in [0.2, 0.25) is 0 Å². The van der Waals surface area contributed by atoms with Crippen LogP contribution in [0.5, 0.6) is 5.75 Å². The molecule has 2 heterocycles. The van der Waals surface area contributed by atoms with E-state index < -0.39 is 0 Å². The van der Waals surface area contributed by atoms with Crippen LogP contribution in [0, 0.1) is 0 Å². The van der Waals surface area contributed by atoms with Gasteiger partial charge in [-0.05, 0) is 55.5 Å². The summed E-state index contributed by atoms with van der Waals surface area (Å²) < 4.78 is 5.53. The Morgan fingerprint density at radius 1 is 1.21 bits per heavy atom. The molecule has 1 amide bonds. The molecule has 2 aliphatic heterocycles. The number of hydrogen-bond donors (Lipinski definition) is 1. The van der Waals surface area contributed by atoms with Gasteiger partial charge in [-0.2, -0.15) is 11.8 Å². The lowest BCUT2D eigenvalue weighted by molar-refractivity contribution is 0.0959. The smallest absolute Gasteiger partial charge is 0.262 e. The fourth-order valence-electron chi connectivity index (χ4n) is 3.45. The Hall–Kier alpha value is -2.14. The van der Waals surface area contributed by atoms with E-state index in [1.54, 1.807) is 0 Å². The van der Waals surface area contributed by atoms with Crippen LogP contribution in [-0.2, 0) is 0 Å². The van der Waals surface area contributed by atoms with Crippen LogP contribution in [0.3, 0.4) is 0 Å². The number of carbonyl (C=O) groups is 1. The van der Waals surface area contributed by atoms with Crippen molar-refractivity contribution in [2.24, 2.45) is 0 Å². The number of fused-ring (bicyclic) bond motifs is 1. The number of benzene rings is 2. The van der Waals surface area contributed by atoms with E-state index in [-0.39, 0.29) is 11.6 Å². The van der Waals surface area contributed by atoms with Crippen molar-refractivity contribution in [1.29, 1.82) is 0 Å². The molecule has 2 aromatic rings. The normalized spacial score (nSPS) is 22.4. The molecule has 1 atom stereocenters. The van der Waals surface area contributed by atoms with Crippen molar-refractivity contribution >= 4 is 29.0 Å². The zero-order valence-electron chi connectivity index (χ0n) is 13.6. The van der Waals surface area contributed by atoms with E-state index in [0.29, 0.717) is 6.61 Å². The number of para-hydroxylation sites is 1. The van der Waals surface area contributed by atoms with E-state index in [0.717, 1.165) is 40.6 Å². The van der Waals surface area contributed by atoms with Crippen molar-refractivity contribution in [3.8, 4) is 5.75 Å². The van der Waals surface area contributed by atoms with Crippen molar-refractivity contribution in [3.05, 3.63) is 54.1 Å². The van der Waals surface area contributed by atoms with E-state index in [9.17, 15) is 4.79 Å². The molecule has 1 spiro atoms. The summed E-state index contributed by atoms with van der Waals surface area (Å²) in [7, 11) is 0. The summed E-state index contributed by atoms with van der Waals surface area (Å²) in [5.41, 5.74) is 2.23. The molecule has 1 fully saturated rings. The zero-order valence-corrected chi connectivity index (χ0v) is 14.4. The first-order chi connectivity index (χ1) is 11.7. The van der Waals surface area contributed by atoms with Crippen molar-refractivity contribution < 1.29 is 9.53 Å². The van der Waals surface area contributed by atoms with E-state index in [1.165, 1.54) is 0 Å². The van der Waals surface area contributed by atoms with Crippen LogP contribution in [0.2, 0.25) is 0 Å². The van der Waals surface area contributed by atoms with Crippen LogP contribution in [0.15, 0.2) is 48.5 Å². The molecule has 124 valence electrons. The molecule has 2 aromatic carbocycles. The molecule has 0 aromatic heterocycles. The fourth-order valence-corrected chi connectivity index (χ4v) is 4.76. The maximum absolute atomic E-state index is 13.2. The van der Waals surface area contributed by atoms with Gasteiger partial charge in [0.25, 0.3) is 5.91 Å². The highest BCUT2D eigenvalue weighted by atomic mass is 32.2. The molecule has 0 radical (unpaired) electrons. The standard InChI is InChI=1S/C19H20N2O2S/c1-2-23-15-9-7-14(8-10-15)21-18(22)16-5-3-4-6-17(16)20-19(21)11-12-24-13-19/h3-10,20H,2,11-13H2,1H3/t19-/m0/s1. The molecule has 4 rings (SSSR count). The zero-order chi connectivity index (χ0) is 16.6. The van der Waals surface area contributed by atoms with Crippen LogP contribution < -0.4 is 15.0 Å². The van der Waals surface area contributed by atoms with Crippen LogP contribution >= 0.6 is 11.8 Å². The molecule has 24 heavy (non-hydrogen) atoms. The maximum Gasteiger partial charge on any atom is 0.262 e. The predicted octanol–water partition coefficient (Wildman–Crippen LogP) is 3.99. The second-order valence-electron chi connectivity index (χ2n) is 6.07. The number of hydrogen-bond acceptors (Lipinski definition) is 4. The highest BCUT2D eigenvalue weighted by Gasteiger charge is 2.47. The molecule has 4 nitrogen and oxygen atoms in total. The lowest BCUT2D eigenvalue weighted by atomic mass is 9.97. The number of nitrogens with one attached hydrogen (secondary N) is 1. The number of rotatable bonds is 3. The van der Waals surface area contributed by atoms with Gasteiger partial charge in [0.05, 0.1) is 12.2 Å². The van der Waals surface area contributed by atoms with E-state index in [1.807, 2.05) is 72.1 Å². The molecular formula is C19H20N2O2S. The van der Waals surface area contributed by atoms with Gasteiger partial charge >= 0.3 is 0 Å². The third-order valence-electron chi connectivity index (χ3n) is 4.56. The lowest BCUT2D eigenvalue weighted by Gasteiger charge is -2.46. The molecule has 0 saturated carbocycles. The van der Waals surface area contributed by atoms with Crippen LogP contribution in [-0.4, -0.2) is 29.7 Å². The van der Waals surface area contributed by atoms with Gasteiger partial charge in [-0.25, -0.2) is 0 Å². The quantitative estimate of drug-likeness (QED) is 0.917. The van der Waals surface area contributed by atoms with Gasteiger partial charge < -0.3 is 10.1 Å². The Labute approximate surface area is 146 Å². The van der Waals surface area contributed by atoms with Gasteiger partial charge in [0, 0.05) is 17.1 Å². The summed E-state index contributed by atoms with van der Waals surface area (Å²) >= 11 is 1.88. The summed E-state index contributed by atoms with van der Waals surface area (Å²) in [4.78, 5) is 15.2. The summed E-state index contributed by atoms with van der Waals surface area (Å²) in [5, 5.41) is 3.64. The first-order valence-corrected chi connectivity index (χ1v) is 9.41. The lowest BCUT2D eigenvalue weighted by Crippen LogP contribution is -2.60. The minimum atomic E-state index is -0.344. The molecule has 5 heteroatoms. The number of carbonyl (C=O) groups excluding carboxylic acids is 1. The Morgan fingerprint density at radius 3 is 2.71 bits per heavy atom. The maximum atomic E-state index is 13.2. The minimum absolute atomic E-state index is 0.0657. The Morgan fingerprint density at radius 2 is 2.00 bits per heavy atom. The van der Waals surface area contributed by atoms with E-state index in [4.69, 9.17) is 4.74 Å². The monoisotopic (exact) mass is 340 g/mol. The summed E-state index contributed by atoms with van der Waals surface area (Å²) in [6, 6.07) is 15.6. The Balaban J connectivity index is 1.77. The number of nitrogens with zero attached hydrogens (tertiary/aromatic N) is 1. The minimum Gasteiger partial charge on any atom is -0.494 e. The SMILES string of the molecule is CCOc1ccc(N2C(=O)c3ccccc3N[C@@]23CCSC3)cc1. The summed E-state index contributed by atoms with van der Waals surface area (Å²) in [5.74, 6) is 2.83. The highest BCUT2D eigenvalue weighted by molar-refractivity contribution is 7.99. The van der Waals surface area contributed by atoms with Gasteiger partial charge in [-0.15, -0.1) is 0 Å². The third kappa shape index (κ3) is 2.44. The predicted molar refractivity (Wildman–Crippen MR) is 99.2 cm³/mol. The van der Waals surface area contributed by atoms with Gasteiger partial charge in [-0.3, -0.25) is 9.69 Å².